The largest absolute Gasteiger partial charge is 0.458 e. The molecule has 0 aromatic carbocycles. The second-order valence-corrected chi connectivity index (χ2v) is 4.72. The smallest absolute Gasteiger partial charge is 0.332 e. The Bertz CT molecular complexity index is 274. The van der Waals surface area contributed by atoms with Crippen molar-refractivity contribution in [3.05, 3.63) is 0 Å². The van der Waals surface area contributed by atoms with E-state index in [0.717, 1.165) is 0 Å². The number of esters is 1. The van der Waals surface area contributed by atoms with Crippen molar-refractivity contribution in [2.75, 3.05) is 40.3 Å². The van der Waals surface area contributed by atoms with E-state index in [1.807, 2.05) is 0 Å². The highest BCUT2D eigenvalue weighted by Gasteiger charge is 2.15. The van der Waals surface area contributed by atoms with Crippen molar-refractivity contribution in [3.63, 3.8) is 0 Å². The first-order valence-corrected chi connectivity index (χ1v) is 5.98. The molecule has 0 spiro atoms. The van der Waals surface area contributed by atoms with Crippen LogP contribution in [0.1, 0.15) is 20.8 Å². The van der Waals surface area contributed by atoms with Crippen LogP contribution in [0.15, 0.2) is 0 Å². The van der Waals surface area contributed by atoms with Crippen LogP contribution in [0.3, 0.4) is 0 Å². The van der Waals surface area contributed by atoms with Gasteiger partial charge in [-0.05, 0) is 20.8 Å². The maximum atomic E-state index is 11.3. The molecule has 0 saturated carbocycles. The Morgan fingerprint density at radius 2 is 1.63 bits per heavy atom. The van der Waals surface area contributed by atoms with E-state index in [0.29, 0.717) is 0 Å². The van der Waals surface area contributed by atoms with E-state index in [-0.39, 0.29) is 39.1 Å². The lowest BCUT2D eigenvalue weighted by Gasteiger charge is -2.19. The van der Waals surface area contributed by atoms with Crippen LogP contribution in [0.5, 0.6) is 0 Å². The molecule has 0 aliphatic carbocycles. The van der Waals surface area contributed by atoms with Crippen molar-refractivity contribution in [1.29, 1.82) is 0 Å². The molecule has 1 amide bonds. The van der Waals surface area contributed by atoms with Gasteiger partial charge < -0.3 is 24.3 Å². The molecule has 0 aliphatic heterocycles. The molecule has 7 heteroatoms. The molecule has 0 unspecified atom stereocenters. The van der Waals surface area contributed by atoms with Crippen molar-refractivity contribution in [3.8, 4) is 0 Å². The van der Waals surface area contributed by atoms with Crippen molar-refractivity contribution >= 4 is 11.9 Å². The first kappa shape index (κ1) is 17.8. The normalized spacial score (nSPS) is 11.2. The van der Waals surface area contributed by atoms with E-state index >= 15 is 0 Å². The third-order valence-corrected chi connectivity index (χ3v) is 1.66. The molecule has 0 aromatic heterocycles. The van der Waals surface area contributed by atoms with E-state index in [9.17, 15) is 9.59 Å². The molecular formula is C12H23NO6. The maximum absolute atomic E-state index is 11.3. The van der Waals surface area contributed by atoms with Crippen LogP contribution in [0.2, 0.25) is 0 Å². The minimum Gasteiger partial charge on any atom is -0.458 e. The van der Waals surface area contributed by atoms with Gasteiger partial charge in [0, 0.05) is 7.11 Å². The van der Waals surface area contributed by atoms with E-state index in [1.54, 1.807) is 20.8 Å². The summed E-state index contributed by atoms with van der Waals surface area (Å²) in [7, 11) is 1.48. The molecule has 7 nitrogen and oxygen atoms in total. The van der Waals surface area contributed by atoms with Crippen LogP contribution in [0.25, 0.3) is 0 Å². The lowest BCUT2D eigenvalue weighted by molar-refractivity contribution is -0.160. The molecule has 0 saturated heterocycles. The second-order valence-electron chi connectivity index (χ2n) is 4.72. The SMILES string of the molecule is COCNC(=O)COCCOCC(=O)OC(C)(C)C. The molecule has 112 valence electrons. The molecule has 19 heavy (non-hydrogen) atoms. The third kappa shape index (κ3) is 13.1. The number of carbonyl (C=O) groups is 2. The number of carbonyl (C=O) groups excluding carboxylic acids is 2. The Hall–Kier alpha value is -1.18. The molecule has 0 aliphatic rings. The average molecular weight is 277 g/mol. The summed E-state index contributed by atoms with van der Waals surface area (Å²) in [6.45, 7) is 5.75. The number of hydrogen-bond donors (Lipinski definition) is 1. The van der Waals surface area contributed by atoms with E-state index in [1.165, 1.54) is 7.11 Å². The van der Waals surface area contributed by atoms with Gasteiger partial charge in [0.15, 0.2) is 0 Å². The monoisotopic (exact) mass is 277 g/mol. The lowest BCUT2D eigenvalue weighted by Crippen LogP contribution is -2.30. The predicted octanol–water partition coefficient (Wildman–Crippen LogP) is 0.0814. The first-order valence-electron chi connectivity index (χ1n) is 5.98. The summed E-state index contributed by atoms with van der Waals surface area (Å²) in [6, 6.07) is 0. The highest BCUT2D eigenvalue weighted by molar-refractivity contribution is 5.76. The number of amides is 1. The molecule has 1 N–H and O–H groups in total. The highest BCUT2D eigenvalue weighted by Crippen LogP contribution is 2.06. The number of ether oxygens (including phenoxy) is 4. The fourth-order valence-electron chi connectivity index (χ4n) is 1.01. The molecule has 0 heterocycles. The molecule has 0 fully saturated rings. The van der Waals surface area contributed by atoms with Crippen LogP contribution in [0, 0.1) is 0 Å². The summed E-state index contributed by atoms with van der Waals surface area (Å²) < 4.78 is 19.8. The van der Waals surface area contributed by atoms with Gasteiger partial charge in [-0.3, -0.25) is 4.79 Å². The minimum atomic E-state index is -0.517. The van der Waals surface area contributed by atoms with Crippen LogP contribution < -0.4 is 5.32 Å². The van der Waals surface area contributed by atoms with Gasteiger partial charge in [-0.15, -0.1) is 0 Å². The van der Waals surface area contributed by atoms with Crippen LogP contribution in [-0.4, -0.2) is 57.7 Å². The summed E-state index contributed by atoms with van der Waals surface area (Å²) in [5, 5.41) is 2.47. The zero-order valence-electron chi connectivity index (χ0n) is 12.0. The Balaban J connectivity index is 3.41. The molecular weight excluding hydrogens is 254 g/mol. The van der Waals surface area contributed by atoms with Gasteiger partial charge in [-0.1, -0.05) is 0 Å². The maximum Gasteiger partial charge on any atom is 0.332 e. The fraction of sp³-hybridized carbons (Fsp3) is 0.833. The van der Waals surface area contributed by atoms with Crippen LogP contribution in [0.4, 0.5) is 0 Å². The topological polar surface area (TPSA) is 83.1 Å². The highest BCUT2D eigenvalue weighted by atomic mass is 16.6. The van der Waals surface area contributed by atoms with Gasteiger partial charge in [0.25, 0.3) is 0 Å². The van der Waals surface area contributed by atoms with E-state index < -0.39 is 11.6 Å². The average Bonchev–Trinajstić information content (AvgIpc) is 2.28. The van der Waals surface area contributed by atoms with Crippen molar-refractivity contribution in [2.24, 2.45) is 0 Å². The number of nitrogens with one attached hydrogen (secondary N) is 1. The minimum absolute atomic E-state index is 0.0703. The zero-order valence-corrected chi connectivity index (χ0v) is 12.0. The first-order chi connectivity index (χ1) is 8.85. The van der Waals surface area contributed by atoms with Gasteiger partial charge >= 0.3 is 5.97 Å². The van der Waals surface area contributed by atoms with Crippen molar-refractivity contribution < 1.29 is 28.5 Å². The zero-order chi connectivity index (χ0) is 14.7. The summed E-state index contributed by atoms with van der Waals surface area (Å²) in [5.74, 6) is -0.695. The van der Waals surface area contributed by atoms with E-state index in [4.69, 9.17) is 14.2 Å². The Morgan fingerprint density at radius 3 is 2.16 bits per heavy atom. The molecule has 0 atom stereocenters. The van der Waals surface area contributed by atoms with Gasteiger partial charge in [0.2, 0.25) is 5.91 Å². The summed E-state index contributed by atoms with van der Waals surface area (Å²) >= 11 is 0. The quantitative estimate of drug-likeness (QED) is 0.365. The van der Waals surface area contributed by atoms with Gasteiger partial charge in [-0.25, -0.2) is 4.79 Å². The van der Waals surface area contributed by atoms with Crippen LogP contribution in [-0.2, 0) is 28.5 Å². The van der Waals surface area contributed by atoms with Gasteiger partial charge in [0.1, 0.15) is 25.5 Å². The van der Waals surface area contributed by atoms with E-state index in [2.05, 4.69) is 10.1 Å². The summed E-state index contributed by atoms with van der Waals surface area (Å²) in [5.41, 5.74) is -0.517. The summed E-state index contributed by atoms with van der Waals surface area (Å²) in [4.78, 5) is 22.3. The number of rotatable bonds is 9. The Kier molecular flexibility index (Phi) is 9.11. The Labute approximate surface area is 113 Å². The fourth-order valence-corrected chi connectivity index (χ4v) is 1.01. The number of methoxy groups -OCH3 is 1. The van der Waals surface area contributed by atoms with Gasteiger partial charge in [0.05, 0.1) is 13.2 Å². The van der Waals surface area contributed by atoms with Crippen molar-refractivity contribution in [1.82, 2.24) is 5.32 Å². The lowest BCUT2D eigenvalue weighted by atomic mass is 10.2. The van der Waals surface area contributed by atoms with Gasteiger partial charge in [-0.2, -0.15) is 0 Å². The molecule has 0 radical (unpaired) electrons. The Morgan fingerprint density at radius 1 is 1.05 bits per heavy atom. The molecule has 0 aromatic rings. The standard InChI is InChI=1S/C12H23NO6/c1-12(2,3)19-11(15)8-18-6-5-17-7-10(14)13-9-16-4/h5-9H2,1-4H3,(H,13,14). The van der Waals surface area contributed by atoms with Crippen LogP contribution >= 0.6 is 0 Å². The third-order valence-electron chi connectivity index (χ3n) is 1.66. The second kappa shape index (κ2) is 9.71. The number of hydrogen-bond acceptors (Lipinski definition) is 6. The summed E-state index contributed by atoms with van der Waals surface area (Å²) in [6.07, 6.45) is 0. The molecule has 0 rings (SSSR count). The predicted molar refractivity (Wildman–Crippen MR) is 67.5 cm³/mol. The molecule has 0 bridgehead atoms. The van der Waals surface area contributed by atoms with Crippen molar-refractivity contribution in [2.45, 2.75) is 26.4 Å².